The molecule has 0 fully saturated rings. The van der Waals surface area contributed by atoms with Crippen LogP contribution in [0.5, 0.6) is 5.75 Å². The van der Waals surface area contributed by atoms with Gasteiger partial charge in [0.05, 0.1) is 12.1 Å². The summed E-state index contributed by atoms with van der Waals surface area (Å²) in [5, 5.41) is 8.53. The second-order valence-corrected chi connectivity index (χ2v) is 4.38. The fraction of sp³-hybridized carbons (Fsp3) is 0.333. The molecule has 106 valence electrons. The van der Waals surface area contributed by atoms with Crippen LogP contribution in [0.3, 0.4) is 0 Å². The molecule has 0 aliphatic heterocycles. The summed E-state index contributed by atoms with van der Waals surface area (Å²) in [6, 6.07) is 0.681. The summed E-state index contributed by atoms with van der Waals surface area (Å²) < 4.78 is 64.7. The first-order valence-corrected chi connectivity index (χ1v) is 5.63. The molecule has 1 aromatic heterocycles. The molecule has 1 N–H and O–H groups in total. The highest BCUT2D eigenvalue weighted by atomic mass is 127. The number of hydrogen-bond acceptors (Lipinski definition) is 3. The van der Waals surface area contributed by atoms with Crippen LogP contribution in [-0.2, 0) is 11.2 Å². The maximum atomic E-state index is 12.6. The van der Waals surface area contributed by atoms with Crippen molar-refractivity contribution in [2.24, 2.45) is 0 Å². The minimum atomic E-state index is -5.14. The Morgan fingerprint density at radius 2 is 2.05 bits per heavy atom. The van der Waals surface area contributed by atoms with Gasteiger partial charge in [0.15, 0.2) is 5.75 Å². The molecular weight excluding hydrogens is 392 g/mol. The number of aliphatic carboxylic acids is 1. The molecule has 1 heterocycles. The van der Waals surface area contributed by atoms with E-state index >= 15 is 0 Å². The van der Waals surface area contributed by atoms with Crippen molar-refractivity contribution in [3.8, 4) is 5.75 Å². The van der Waals surface area contributed by atoms with E-state index in [1.54, 1.807) is 0 Å². The molecular formula is C9H5F5INO3. The standard InChI is InChI=1S/C9H5F5INO3/c10-8(11)7-5(19-9(12,13)14)1-3(15)4(16-7)2-6(17)18/h1,8H,2H2,(H,17,18). The smallest absolute Gasteiger partial charge is 0.481 e. The van der Waals surface area contributed by atoms with E-state index in [1.165, 1.54) is 22.6 Å². The van der Waals surface area contributed by atoms with Crippen molar-refractivity contribution in [1.82, 2.24) is 4.98 Å². The van der Waals surface area contributed by atoms with Gasteiger partial charge in [-0.05, 0) is 28.7 Å². The molecule has 1 rings (SSSR count). The quantitative estimate of drug-likeness (QED) is 0.627. The molecule has 4 nitrogen and oxygen atoms in total. The monoisotopic (exact) mass is 397 g/mol. The lowest BCUT2D eigenvalue weighted by Gasteiger charge is -2.14. The second-order valence-electron chi connectivity index (χ2n) is 3.22. The summed E-state index contributed by atoms with van der Waals surface area (Å²) in [6.45, 7) is 0. The van der Waals surface area contributed by atoms with Crippen LogP contribution in [0.4, 0.5) is 22.0 Å². The second kappa shape index (κ2) is 5.84. The number of pyridine rings is 1. The molecule has 0 aromatic carbocycles. The lowest BCUT2D eigenvalue weighted by molar-refractivity contribution is -0.275. The minimum Gasteiger partial charge on any atom is -0.481 e. The Morgan fingerprint density at radius 3 is 2.47 bits per heavy atom. The van der Waals surface area contributed by atoms with E-state index in [2.05, 4.69) is 9.72 Å². The molecule has 1 aromatic rings. The van der Waals surface area contributed by atoms with Gasteiger partial charge in [-0.15, -0.1) is 13.2 Å². The summed E-state index contributed by atoms with van der Waals surface area (Å²) >= 11 is 1.49. The number of carbonyl (C=O) groups is 1. The number of halogens is 6. The van der Waals surface area contributed by atoms with Crippen molar-refractivity contribution in [2.75, 3.05) is 0 Å². The van der Waals surface area contributed by atoms with Crippen molar-refractivity contribution in [2.45, 2.75) is 19.2 Å². The highest BCUT2D eigenvalue weighted by Gasteiger charge is 2.34. The normalized spacial score (nSPS) is 11.7. The van der Waals surface area contributed by atoms with Gasteiger partial charge in [0, 0.05) is 3.57 Å². The predicted octanol–water partition coefficient (Wildman–Crippen LogP) is 3.15. The third kappa shape index (κ3) is 4.76. The average molecular weight is 397 g/mol. The summed E-state index contributed by atoms with van der Waals surface area (Å²) in [7, 11) is 0. The number of alkyl halides is 5. The van der Waals surface area contributed by atoms with E-state index in [0.717, 1.165) is 0 Å². The van der Waals surface area contributed by atoms with Crippen molar-refractivity contribution in [1.29, 1.82) is 0 Å². The zero-order chi connectivity index (χ0) is 14.8. The van der Waals surface area contributed by atoms with Crippen molar-refractivity contribution < 1.29 is 36.6 Å². The van der Waals surface area contributed by atoms with Crippen LogP contribution in [0, 0.1) is 3.57 Å². The number of ether oxygens (including phenoxy) is 1. The van der Waals surface area contributed by atoms with Crippen LogP contribution >= 0.6 is 22.6 Å². The third-order valence-electron chi connectivity index (χ3n) is 1.79. The predicted molar refractivity (Wildman–Crippen MR) is 59.9 cm³/mol. The Balaban J connectivity index is 3.25. The number of hydrogen-bond donors (Lipinski definition) is 1. The fourth-order valence-electron chi connectivity index (χ4n) is 1.16. The summed E-state index contributed by atoms with van der Waals surface area (Å²) in [5.74, 6) is -2.48. The van der Waals surface area contributed by atoms with Gasteiger partial charge >= 0.3 is 12.3 Å². The summed E-state index contributed by atoms with van der Waals surface area (Å²) in [4.78, 5) is 13.7. The molecule has 19 heavy (non-hydrogen) atoms. The SMILES string of the molecule is O=C(O)Cc1nc(C(F)F)c(OC(F)(F)F)cc1I. The van der Waals surface area contributed by atoms with Gasteiger partial charge in [-0.25, -0.2) is 13.8 Å². The molecule has 0 saturated carbocycles. The van der Waals surface area contributed by atoms with E-state index in [-0.39, 0.29) is 9.26 Å². The van der Waals surface area contributed by atoms with Gasteiger partial charge in [-0.2, -0.15) is 0 Å². The molecule has 0 spiro atoms. The Kier molecular flexibility index (Phi) is 4.87. The maximum Gasteiger partial charge on any atom is 0.573 e. The lowest BCUT2D eigenvalue weighted by atomic mass is 10.2. The minimum absolute atomic E-state index is 0.0105. The van der Waals surface area contributed by atoms with Gasteiger partial charge in [-0.1, -0.05) is 0 Å². The van der Waals surface area contributed by atoms with E-state index < -0.39 is 36.6 Å². The zero-order valence-electron chi connectivity index (χ0n) is 8.84. The zero-order valence-corrected chi connectivity index (χ0v) is 11.0. The molecule has 0 unspecified atom stereocenters. The van der Waals surface area contributed by atoms with Crippen LogP contribution in [0.2, 0.25) is 0 Å². The average Bonchev–Trinajstić information content (AvgIpc) is 2.18. The van der Waals surface area contributed by atoms with E-state index in [4.69, 9.17) is 5.11 Å². The number of nitrogens with zero attached hydrogens (tertiary/aromatic N) is 1. The molecule has 0 bridgehead atoms. The molecule has 10 heteroatoms. The molecule has 0 atom stereocenters. The largest absolute Gasteiger partial charge is 0.573 e. The molecule has 0 aliphatic rings. The lowest BCUT2D eigenvalue weighted by Crippen LogP contribution is -2.19. The highest BCUT2D eigenvalue weighted by Crippen LogP contribution is 2.33. The first-order chi connectivity index (χ1) is 8.60. The molecule has 0 saturated heterocycles. The summed E-state index contributed by atoms with van der Waals surface area (Å²) in [5.41, 5.74) is -1.49. The number of carboxylic acids is 1. The Morgan fingerprint density at radius 1 is 1.47 bits per heavy atom. The van der Waals surface area contributed by atoms with Crippen molar-refractivity contribution in [3.05, 3.63) is 21.0 Å². The van der Waals surface area contributed by atoms with E-state index in [0.29, 0.717) is 6.07 Å². The topological polar surface area (TPSA) is 59.4 Å². The highest BCUT2D eigenvalue weighted by molar-refractivity contribution is 14.1. The van der Waals surface area contributed by atoms with Gasteiger partial charge in [-0.3, -0.25) is 4.79 Å². The van der Waals surface area contributed by atoms with Gasteiger partial charge in [0.25, 0.3) is 6.43 Å². The van der Waals surface area contributed by atoms with Gasteiger partial charge in [0.1, 0.15) is 5.69 Å². The van der Waals surface area contributed by atoms with Crippen LogP contribution in [-0.4, -0.2) is 22.4 Å². The van der Waals surface area contributed by atoms with Gasteiger partial charge < -0.3 is 9.84 Å². The third-order valence-corrected chi connectivity index (χ3v) is 2.73. The van der Waals surface area contributed by atoms with Crippen molar-refractivity contribution in [3.63, 3.8) is 0 Å². The van der Waals surface area contributed by atoms with Crippen LogP contribution < -0.4 is 4.74 Å². The molecule has 0 radical (unpaired) electrons. The Hall–Kier alpha value is -1.20. The first-order valence-electron chi connectivity index (χ1n) is 4.55. The fourth-order valence-corrected chi connectivity index (χ4v) is 1.75. The van der Waals surface area contributed by atoms with E-state index in [9.17, 15) is 26.7 Å². The Bertz CT molecular complexity index is 491. The molecule has 0 aliphatic carbocycles. The number of rotatable bonds is 4. The molecule has 0 amide bonds. The first kappa shape index (κ1) is 15.9. The van der Waals surface area contributed by atoms with Crippen LogP contribution in [0.15, 0.2) is 6.07 Å². The number of carboxylic acid groups (broad SMARTS) is 1. The van der Waals surface area contributed by atoms with E-state index in [1.807, 2.05) is 0 Å². The maximum absolute atomic E-state index is 12.6. The summed E-state index contributed by atoms with van der Waals surface area (Å²) in [6.07, 6.45) is -9.13. The Labute approximate surface area is 116 Å². The van der Waals surface area contributed by atoms with Gasteiger partial charge in [0.2, 0.25) is 0 Å². The van der Waals surface area contributed by atoms with Crippen LogP contribution in [0.1, 0.15) is 17.8 Å². The van der Waals surface area contributed by atoms with Crippen molar-refractivity contribution >= 4 is 28.6 Å². The number of aromatic nitrogens is 1. The van der Waals surface area contributed by atoms with Crippen LogP contribution in [0.25, 0.3) is 0 Å².